The predicted octanol–water partition coefficient (Wildman–Crippen LogP) is 7.11. The van der Waals surface area contributed by atoms with Crippen LogP contribution < -0.4 is 41.9 Å². The first kappa shape index (κ1) is 49.7. The van der Waals surface area contributed by atoms with Crippen molar-refractivity contribution in [1.29, 1.82) is 0 Å². The molecule has 0 aliphatic carbocycles. The number of nitrogen functional groups attached to an aromatic ring is 2. The van der Waals surface area contributed by atoms with Crippen molar-refractivity contribution >= 4 is 68.8 Å². The SMILES string of the molecule is CCc1sc(-c2cc(OCCN3CCC3)c(OC)cc2CN2CCN(CCOc3cc(-c4nc([C@@H](C)SC5=NC(N)CC(N)=N5)c(C)s4)ccc3OC)CC2)nc1[C@@H](C)Sc1nc(N)cc(N)n1. The van der Waals surface area contributed by atoms with Gasteiger partial charge in [0.2, 0.25) is 0 Å². The van der Waals surface area contributed by atoms with Gasteiger partial charge in [0.15, 0.2) is 33.3 Å². The van der Waals surface area contributed by atoms with Crippen molar-refractivity contribution in [3.8, 4) is 44.1 Å². The molecule has 0 amide bonds. The molecule has 2 aromatic carbocycles. The summed E-state index contributed by atoms with van der Waals surface area (Å²) in [5.74, 6) is 4.04. The van der Waals surface area contributed by atoms with Crippen LogP contribution in [0.3, 0.4) is 0 Å². The number of aryl methyl sites for hydroxylation is 2. The van der Waals surface area contributed by atoms with Crippen molar-refractivity contribution in [3.63, 3.8) is 0 Å². The van der Waals surface area contributed by atoms with Crippen molar-refractivity contribution in [2.24, 2.45) is 21.5 Å². The van der Waals surface area contributed by atoms with E-state index in [1.165, 1.54) is 34.8 Å². The van der Waals surface area contributed by atoms with Crippen molar-refractivity contribution < 1.29 is 18.9 Å². The molecule has 8 N–H and O–H groups in total. The number of piperazine rings is 1. The lowest BCUT2D eigenvalue weighted by Gasteiger charge is -2.35. The minimum atomic E-state index is -0.367. The smallest absolute Gasteiger partial charge is 0.192 e. The quantitative estimate of drug-likeness (QED) is 0.0450. The van der Waals surface area contributed by atoms with Gasteiger partial charge in [-0.25, -0.2) is 29.9 Å². The minimum absolute atomic E-state index is 0.0161. The van der Waals surface area contributed by atoms with Gasteiger partial charge >= 0.3 is 0 Å². The maximum absolute atomic E-state index is 6.44. The van der Waals surface area contributed by atoms with Gasteiger partial charge in [-0.05, 0) is 82.6 Å². The van der Waals surface area contributed by atoms with Crippen LogP contribution in [0, 0.1) is 6.92 Å². The fourth-order valence-corrected chi connectivity index (χ4v) is 12.5. The van der Waals surface area contributed by atoms with Crippen LogP contribution in [0.4, 0.5) is 11.6 Å². The number of methoxy groups -OCH3 is 2. The number of hydrogen-bond donors (Lipinski definition) is 4. The van der Waals surface area contributed by atoms with Crippen molar-refractivity contribution in [1.82, 2.24) is 34.6 Å². The number of nitrogens with zero attached hydrogens (tertiary/aromatic N) is 9. The van der Waals surface area contributed by atoms with E-state index in [9.17, 15) is 0 Å². The molecule has 2 saturated heterocycles. The summed E-state index contributed by atoms with van der Waals surface area (Å²) < 4.78 is 24.6. The number of ether oxygens (including phenoxy) is 4. The van der Waals surface area contributed by atoms with Gasteiger partial charge in [-0.1, -0.05) is 30.4 Å². The Kier molecular flexibility index (Phi) is 16.6. The summed E-state index contributed by atoms with van der Waals surface area (Å²) in [4.78, 5) is 37.8. The van der Waals surface area contributed by atoms with E-state index in [4.69, 9.17) is 51.9 Å². The van der Waals surface area contributed by atoms with E-state index in [1.807, 2.05) is 18.2 Å². The Morgan fingerprint density at radius 2 is 1.38 bits per heavy atom. The van der Waals surface area contributed by atoms with E-state index in [1.54, 1.807) is 43.0 Å². The molecule has 21 heteroatoms. The largest absolute Gasteiger partial charge is 0.493 e. The number of anilines is 2. The standard InChI is InChI=1S/C47H63N13O4S4/c1-7-37-43(29(4)67-47-54-40(50)25-41(51)55-47)57-45(68-37)32-23-36(64-19-17-58-11-8-12-58)34(62-6)22-31(32)26-60-15-13-59(14-16-60)18-20-63-35-21-30(9-10-33(35)61-5)44-56-42(27(2)65-44)28(3)66-46-52-38(48)24-39(49)53-46/h9-10,21-23,25,28-29,38H,7-8,11-20,24,26,48H2,1-6H3,(H2,49,52,53)(H4,50,51,54,55)/t28-,29-,38?/m1/s1. The fraction of sp³-hybridized carbons (Fsp3) is 0.489. The predicted molar refractivity (Wildman–Crippen MR) is 279 cm³/mol. The number of benzene rings is 2. The van der Waals surface area contributed by atoms with Crippen LogP contribution in [0.5, 0.6) is 23.0 Å². The van der Waals surface area contributed by atoms with E-state index < -0.39 is 0 Å². The van der Waals surface area contributed by atoms with Crippen LogP contribution in [-0.4, -0.2) is 132 Å². The molecule has 3 aromatic heterocycles. The Hall–Kier alpha value is -4.74. The average Bonchev–Trinajstić information content (AvgIpc) is 3.91. The lowest BCUT2D eigenvalue weighted by Crippen LogP contribution is -2.47. The number of thioether (sulfide) groups is 2. The number of thiazole rings is 2. The van der Waals surface area contributed by atoms with Crippen LogP contribution in [0.15, 0.2) is 51.5 Å². The van der Waals surface area contributed by atoms with E-state index in [2.05, 4.69) is 74.5 Å². The van der Waals surface area contributed by atoms with E-state index in [0.29, 0.717) is 58.9 Å². The van der Waals surface area contributed by atoms with Crippen molar-refractivity contribution in [2.75, 3.05) is 91.3 Å². The van der Waals surface area contributed by atoms with Crippen LogP contribution in [0.2, 0.25) is 0 Å². The van der Waals surface area contributed by atoms with Gasteiger partial charge in [-0.15, -0.1) is 22.7 Å². The summed E-state index contributed by atoms with van der Waals surface area (Å²) in [5, 5.41) is 2.98. The Bertz CT molecular complexity index is 2570. The molecule has 6 heterocycles. The molecule has 0 spiro atoms. The highest BCUT2D eigenvalue weighted by atomic mass is 32.2. The van der Waals surface area contributed by atoms with Gasteiger partial charge in [0.1, 0.15) is 46.9 Å². The molecule has 68 heavy (non-hydrogen) atoms. The van der Waals surface area contributed by atoms with Crippen molar-refractivity contribution in [3.05, 3.63) is 63.1 Å². The molecule has 3 atom stereocenters. The Morgan fingerprint density at radius 3 is 2.03 bits per heavy atom. The third kappa shape index (κ3) is 12.3. The molecular formula is C47H63N13O4S4. The summed E-state index contributed by atoms with van der Waals surface area (Å²) in [5.41, 5.74) is 29.2. The van der Waals surface area contributed by atoms with Crippen molar-refractivity contribution in [2.45, 2.75) is 75.3 Å². The summed E-state index contributed by atoms with van der Waals surface area (Å²) in [6, 6.07) is 11.8. The second-order valence-electron chi connectivity index (χ2n) is 17.0. The first-order chi connectivity index (χ1) is 32.9. The number of nitrogens with two attached hydrogens (primary N) is 4. The average molecular weight is 1000 g/mol. The highest BCUT2D eigenvalue weighted by Gasteiger charge is 2.26. The number of rotatable bonds is 20. The summed E-state index contributed by atoms with van der Waals surface area (Å²) in [6.45, 7) is 17.9. The molecule has 364 valence electrons. The monoisotopic (exact) mass is 1000 g/mol. The topological polar surface area (TPSA) is 227 Å². The molecule has 2 fully saturated rings. The first-order valence-electron chi connectivity index (χ1n) is 23.0. The molecule has 5 aromatic rings. The molecule has 17 nitrogen and oxygen atoms in total. The number of aliphatic imine (C=N–C) groups is 2. The van der Waals surface area contributed by atoms with Crippen LogP contribution >= 0.6 is 46.2 Å². The molecule has 8 rings (SSSR count). The van der Waals surface area contributed by atoms with Crippen LogP contribution in [0.25, 0.3) is 21.1 Å². The minimum Gasteiger partial charge on any atom is -0.493 e. The number of likely N-dealkylation sites (tertiary alicyclic amines) is 1. The third-order valence-corrected chi connectivity index (χ3v) is 16.3. The molecule has 3 aliphatic rings. The van der Waals surface area contributed by atoms with Gasteiger partial charge in [0.05, 0.1) is 36.1 Å². The molecular weight excluding hydrogens is 939 g/mol. The van der Waals surface area contributed by atoms with Gasteiger partial charge in [0.25, 0.3) is 0 Å². The highest BCUT2D eigenvalue weighted by Crippen LogP contribution is 2.44. The Labute approximate surface area is 415 Å². The van der Waals surface area contributed by atoms with E-state index >= 15 is 0 Å². The molecule has 0 saturated carbocycles. The first-order valence-corrected chi connectivity index (χ1v) is 26.4. The second kappa shape index (κ2) is 22.8. The van der Waals surface area contributed by atoms with E-state index in [-0.39, 0.29) is 16.7 Å². The lowest BCUT2D eigenvalue weighted by atomic mass is 10.1. The number of amidine groups is 2. The summed E-state index contributed by atoms with van der Waals surface area (Å²) in [7, 11) is 3.38. The van der Waals surface area contributed by atoms with Crippen LogP contribution in [-0.2, 0) is 13.0 Å². The summed E-state index contributed by atoms with van der Waals surface area (Å²) in [6.07, 6.45) is 2.19. The second-order valence-corrected chi connectivity index (χ2v) is 21.9. The molecule has 1 unspecified atom stereocenters. The van der Waals surface area contributed by atoms with Gasteiger partial charge in [0, 0.05) is 79.2 Å². The Morgan fingerprint density at radius 1 is 0.735 bits per heavy atom. The third-order valence-electron chi connectivity index (χ3n) is 12.1. The zero-order valence-electron chi connectivity index (χ0n) is 39.7. The number of aromatic nitrogens is 4. The molecule has 0 radical (unpaired) electrons. The van der Waals surface area contributed by atoms with E-state index in [0.717, 1.165) is 120 Å². The maximum atomic E-state index is 6.44. The zero-order valence-corrected chi connectivity index (χ0v) is 43.0. The van der Waals surface area contributed by atoms with Gasteiger partial charge in [-0.3, -0.25) is 14.7 Å². The number of hydrogen-bond acceptors (Lipinski definition) is 21. The normalized spacial score (nSPS) is 17.8. The maximum Gasteiger partial charge on any atom is 0.192 e. The summed E-state index contributed by atoms with van der Waals surface area (Å²) >= 11 is 6.41. The zero-order chi connectivity index (χ0) is 47.9. The Balaban J connectivity index is 0.919. The molecule has 3 aliphatic heterocycles. The van der Waals surface area contributed by atoms with Gasteiger partial charge in [-0.2, -0.15) is 0 Å². The lowest BCUT2D eigenvalue weighted by molar-refractivity contribution is 0.112. The van der Waals surface area contributed by atoms with Gasteiger partial charge < -0.3 is 41.9 Å². The molecule has 0 bridgehead atoms. The van der Waals surface area contributed by atoms with Crippen LogP contribution in [0.1, 0.15) is 70.8 Å². The highest BCUT2D eigenvalue weighted by molar-refractivity contribution is 8.14. The fourth-order valence-electron chi connectivity index (χ4n) is 8.27.